The summed E-state index contributed by atoms with van der Waals surface area (Å²) in [5, 5.41) is 7.58. The predicted octanol–water partition coefficient (Wildman–Crippen LogP) is 4.98. The molecule has 0 bridgehead atoms. The number of hydrogen-bond acceptors (Lipinski definition) is 4. The molecule has 0 saturated carbocycles. The van der Waals surface area contributed by atoms with E-state index >= 15 is 0 Å². The molecule has 0 aromatic heterocycles. The summed E-state index contributed by atoms with van der Waals surface area (Å²) in [5.74, 6) is 0.429. The molecule has 4 nitrogen and oxygen atoms in total. The van der Waals surface area contributed by atoms with Crippen molar-refractivity contribution in [2.45, 2.75) is 5.75 Å². The van der Waals surface area contributed by atoms with Gasteiger partial charge in [-0.05, 0) is 29.8 Å². The van der Waals surface area contributed by atoms with Crippen LogP contribution in [-0.4, -0.2) is 11.0 Å². The highest BCUT2D eigenvalue weighted by atomic mass is 32.2. The average molecular weight is 361 g/mol. The van der Waals surface area contributed by atoms with Gasteiger partial charge >= 0.3 is 0 Å². The number of carbonyl (C=O) groups excluding carboxylic acids is 1. The highest BCUT2D eigenvalue weighted by Gasteiger charge is 2.13. The largest absolute Gasteiger partial charge is 0.320 e. The maximum absolute atomic E-state index is 12.7. The first-order valence-corrected chi connectivity index (χ1v) is 9.22. The van der Waals surface area contributed by atoms with Gasteiger partial charge in [-0.15, -0.1) is 0 Å². The first kappa shape index (κ1) is 17.8. The molecular formula is C21H19N3OS. The van der Waals surface area contributed by atoms with Crippen LogP contribution in [0, 0.1) is 0 Å². The molecule has 0 atom stereocenters. The Hall–Kier alpha value is -3.05. The van der Waals surface area contributed by atoms with Crippen LogP contribution in [0.25, 0.3) is 0 Å². The van der Waals surface area contributed by atoms with E-state index in [1.54, 1.807) is 0 Å². The number of benzene rings is 3. The lowest BCUT2D eigenvalue weighted by Crippen LogP contribution is -2.21. The number of hydrogen-bond donors (Lipinski definition) is 2. The highest BCUT2D eigenvalue weighted by Crippen LogP contribution is 2.16. The van der Waals surface area contributed by atoms with Gasteiger partial charge in [-0.3, -0.25) is 10.2 Å². The number of nitrogens with zero attached hydrogens (tertiary/aromatic N) is 1. The minimum Gasteiger partial charge on any atom is -0.320 e. The zero-order valence-corrected chi connectivity index (χ0v) is 14.9. The number of rotatable bonds is 5. The van der Waals surface area contributed by atoms with Gasteiger partial charge in [0.2, 0.25) is 0 Å². The molecule has 0 aliphatic rings. The average Bonchev–Trinajstić information content (AvgIpc) is 2.70. The van der Waals surface area contributed by atoms with Crippen molar-refractivity contribution in [3.05, 3.63) is 96.6 Å². The Morgan fingerprint density at radius 2 is 1.31 bits per heavy atom. The van der Waals surface area contributed by atoms with Crippen molar-refractivity contribution in [1.82, 2.24) is 0 Å². The molecule has 0 saturated heterocycles. The zero-order valence-electron chi connectivity index (χ0n) is 14.1. The SMILES string of the molecule is O=C(Nc1ccccc1)/C(=N\Nc1ccccc1)SCc1ccccc1. The van der Waals surface area contributed by atoms with Gasteiger partial charge in [-0.25, -0.2) is 0 Å². The molecule has 0 fully saturated rings. The third-order valence-corrected chi connectivity index (χ3v) is 4.53. The Balaban J connectivity index is 1.72. The molecule has 26 heavy (non-hydrogen) atoms. The Morgan fingerprint density at radius 1 is 0.769 bits per heavy atom. The van der Waals surface area contributed by atoms with Crippen molar-refractivity contribution in [2.24, 2.45) is 5.10 Å². The first-order chi connectivity index (χ1) is 12.8. The molecule has 130 valence electrons. The van der Waals surface area contributed by atoms with Crippen LogP contribution in [0.4, 0.5) is 11.4 Å². The maximum atomic E-state index is 12.7. The summed E-state index contributed by atoms with van der Waals surface area (Å²) < 4.78 is 0. The smallest absolute Gasteiger partial charge is 0.282 e. The van der Waals surface area contributed by atoms with Gasteiger partial charge in [0.1, 0.15) is 0 Å². The van der Waals surface area contributed by atoms with Gasteiger partial charge in [-0.1, -0.05) is 78.5 Å². The third-order valence-electron chi connectivity index (χ3n) is 3.50. The van der Waals surface area contributed by atoms with E-state index in [0.717, 1.165) is 16.9 Å². The van der Waals surface area contributed by atoms with Crippen LogP contribution in [0.2, 0.25) is 0 Å². The summed E-state index contributed by atoms with van der Waals surface area (Å²) in [6.07, 6.45) is 0. The molecule has 3 rings (SSSR count). The minimum absolute atomic E-state index is 0.236. The van der Waals surface area contributed by atoms with E-state index in [1.165, 1.54) is 11.8 Å². The summed E-state index contributed by atoms with van der Waals surface area (Å²) in [6, 6.07) is 28.9. The van der Waals surface area contributed by atoms with Gasteiger partial charge in [-0.2, -0.15) is 5.10 Å². The highest BCUT2D eigenvalue weighted by molar-refractivity contribution is 8.15. The van der Waals surface area contributed by atoms with Gasteiger partial charge in [0.15, 0.2) is 5.04 Å². The van der Waals surface area contributed by atoms with Crippen LogP contribution >= 0.6 is 11.8 Å². The first-order valence-electron chi connectivity index (χ1n) is 8.23. The molecule has 3 aromatic carbocycles. The minimum atomic E-state index is -0.236. The molecule has 0 spiro atoms. The number of carbonyl (C=O) groups is 1. The van der Waals surface area contributed by atoms with Crippen LogP contribution in [0.1, 0.15) is 5.56 Å². The molecule has 0 aliphatic carbocycles. The lowest BCUT2D eigenvalue weighted by atomic mass is 10.2. The lowest BCUT2D eigenvalue weighted by molar-refractivity contribution is -0.110. The van der Waals surface area contributed by atoms with Crippen LogP contribution < -0.4 is 10.7 Å². The van der Waals surface area contributed by atoms with E-state index in [9.17, 15) is 4.79 Å². The summed E-state index contributed by atoms with van der Waals surface area (Å²) >= 11 is 1.40. The monoisotopic (exact) mass is 361 g/mol. The van der Waals surface area contributed by atoms with Gasteiger partial charge in [0.25, 0.3) is 5.91 Å². The number of para-hydroxylation sites is 2. The topological polar surface area (TPSA) is 53.5 Å². The molecule has 1 amide bonds. The Morgan fingerprint density at radius 3 is 1.92 bits per heavy atom. The van der Waals surface area contributed by atoms with Gasteiger partial charge in [0.05, 0.1) is 5.69 Å². The number of anilines is 2. The van der Waals surface area contributed by atoms with Crippen molar-refractivity contribution in [3.63, 3.8) is 0 Å². The molecule has 2 N–H and O–H groups in total. The van der Waals surface area contributed by atoms with E-state index < -0.39 is 0 Å². The molecule has 5 heteroatoms. The maximum Gasteiger partial charge on any atom is 0.282 e. The summed E-state index contributed by atoms with van der Waals surface area (Å²) in [4.78, 5) is 12.7. The molecular weight excluding hydrogens is 342 g/mol. The fourth-order valence-corrected chi connectivity index (χ4v) is 3.00. The normalized spacial score (nSPS) is 11.0. The summed E-state index contributed by atoms with van der Waals surface area (Å²) in [6.45, 7) is 0. The van der Waals surface area contributed by atoms with Crippen molar-refractivity contribution in [1.29, 1.82) is 0 Å². The predicted molar refractivity (Wildman–Crippen MR) is 110 cm³/mol. The number of hydrazone groups is 1. The second kappa shape index (κ2) is 9.44. The van der Waals surface area contributed by atoms with Crippen molar-refractivity contribution < 1.29 is 4.79 Å². The van der Waals surface area contributed by atoms with E-state index in [-0.39, 0.29) is 5.91 Å². The van der Waals surface area contributed by atoms with Crippen molar-refractivity contribution in [2.75, 3.05) is 10.7 Å². The van der Waals surface area contributed by atoms with Crippen LogP contribution in [0.3, 0.4) is 0 Å². The molecule has 0 heterocycles. The van der Waals surface area contributed by atoms with Crippen molar-refractivity contribution >= 4 is 34.1 Å². The quantitative estimate of drug-likeness (QED) is 0.383. The van der Waals surface area contributed by atoms with Crippen LogP contribution in [-0.2, 0) is 10.5 Å². The van der Waals surface area contributed by atoms with E-state index in [0.29, 0.717) is 10.8 Å². The number of thioether (sulfide) groups is 1. The fraction of sp³-hybridized carbons (Fsp3) is 0.0476. The van der Waals surface area contributed by atoms with Crippen molar-refractivity contribution in [3.8, 4) is 0 Å². The zero-order chi connectivity index (χ0) is 18.0. The van der Waals surface area contributed by atoms with Crippen LogP contribution in [0.15, 0.2) is 96.1 Å². The Bertz CT molecular complexity index is 852. The van der Waals surface area contributed by atoms with E-state index in [4.69, 9.17) is 0 Å². The van der Waals surface area contributed by atoms with Gasteiger partial charge < -0.3 is 5.32 Å². The fourth-order valence-electron chi connectivity index (χ4n) is 2.21. The number of nitrogens with one attached hydrogen (secondary N) is 2. The Kier molecular flexibility index (Phi) is 6.45. The third kappa shape index (κ3) is 5.50. The Labute approximate surface area is 157 Å². The second-order valence-corrected chi connectivity index (χ2v) is 6.45. The van der Waals surface area contributed by atoms with Crippen LogP contribution in [0.5, 0.6) is 0 Å². The summed E-state index contributed by atoms with van der Waals surface area (Å²) in [5.41, 5.74) is 5.66. The lowest BCUT2D eigenvalue weighted by Gasteiger charge is -2.09. The molecule has 0 radical (unpaired) electrons. The molecule has 3 aromatic rings. The summed E-state index contributed by atoms with van der Waals surface area (Å²) in [7, 11) is 0. The molecule has 0 aliphatic heterocycles. The standard InChI is InChI=1S/C21H19N3OS/c25-20(22-18-12-6-2-7-13-18)21(24-23-19-14-8-3-9-15-19)26-16-17-10-4-1-5-11-17/h1-15,23H,16H2,(H,22,25)/b24-21+. The van der Waals surface area contributed by atoms with E-state index in [2.05, 4.69) is 15.8 Å². The second-order valence-electron chi connectivity index (χ2n) is 5.49. The molecule has 0 unspecified atom stereocenters. The van der Waals surface area contributed by atoms with Gasteiger partial charge in [0, 0.05) is 11.4 Å². The number of amides is 1. The van der Waals surface area contributed by atoms with E-state index in [1.807, 2.05) is 91.0 Å².